The summed E-state index contributed by atoms with van der Waals surface area (Å²) in [4.78, 5) is 4.01. The maximum Gasteiger partial charge on any atom is 0.223 e. The Hall–Kier alpha value is -1.75. The van der Waals surface area contributed by atoms with Gasteiger partial charge in [-0.2, -0.15) is 4.98 Å². The maximum atomic E-state index is 12.7. The molecule has 15 heavy (non-hydrogen) atoms. The van der Waals surface area contributed by atoms with Crippen molar-refractivity contribution in [3.63, 3.8) is 0 Å². The normalized spacial score (nSPS) is 12.7. The van der Waals surface area contributed by atoms with Crippen LogP contribution in [0.3, 0.4) is 0 Å². The Morgan fingerprint density at radius 2 is 2.00 bits per heavy atom. The zero-order valence-corrected chi connectivity index (χ0v) is 8.14. The smallest absolute Gasteiger partial charge is 0.223 e. The second kappa shape index (κ2) is 3.78. The summed E-state index contributed by atoms with van der Waals surface area (Å²) in [6.45, 7) is 1.69. The predicted octanol–water partition coefficient (Wildman–Crippen LogP) is 1.57. The molecule has 1 atom stereocenters. The van der Waals surface area contributed by atoms with Gasteiger partial charge in [-0.05, 0) is 17.7 Å². The minimum atomic E-state index is -0.483. The van der Waals surface area contributed by atoms with Gasteiger partial charge in [-0.25, -0.2) is 4.39 Å². The molecule has 1 heterocycles. The number of rotatable bonds is 2. The Kier molecular flexibility index (Phi) is 2.47. The van der Waals surface area contributed by atoms with Crippen molar-refractivity contribution >= 4 is 0 Å². The average Bonchev–Trinajstić information content (AvgIpc) is 2.65. The summed E-state index contributed by atoms with van der Waals surface area (Å²) in [6, 6.07) is 5.42. The summed E-state index contributed by atoms with van der Waals surface area (Å²) in [7, 11) is 0. The monoisotopic (exact) mass is 207 g/mol. The summed E-state index contributed by atoms with van der Waals surface area (Å²) >= 11 is 0. The number of aromatic nitrogens is 2. The van der Waals surface area contributed by atoms with E-state index in [2.05, 4.69) is 10.1 Å². The Balaban J connectivity index is 2.28. The first kappa shape index (κ1) is 9.79. The molecular formula is C10H10FN3O. The lowest BCUT2D eigenvalue weighted by atomic mass is 10.1. The molecule has 1 aromatic heterocycles. The van der Waals surface area contributed by atoms with E-state index >= 15 is 0 Å². The molecule has 2 rings (SSSR count). The van der Waals surface area contributed by atoms with Crippen LogP contribution in [0.25, 0.3) is 0 Å². The number of halogens is 1. The van der Waals surface area contributed by atoms with E-state index in [1.165, 1.54) is 12.1 Å². The third kappa shape index (κ3) is 2.02. The molecule has 0 saturated heterocycles. The van der Waals surface area contributed by atoms with Crippen molar-refractivity contribution in [2.24, 2.45) is 5.73 Å². The molecule has 0 aliphatic rings. The van der Waals surface area contributed by atoms with Gasteiger partial charge < -0.3 is 10.3 Å². The minimum Gasteiger partial charge on any atom is -0.340 e. The van der Waals surface area contributed by atoms with Gasteiger partial charge in [0.25, 0.3) is 0 Å². The van der Waals surface area contributed by atoms with Gasteiger partial charge in [0.05, 0.1) is 6.04 Å². The third-order valence-corrected chi connectivity index (χ3v) is 2.05. The first-order valence-corrected chi connectivity index (χ1v) is 4.48. The van der Waals surface area contributed by atoms with E-state index in [1.807, 2.05) is 0 Å². The molecule has 4 nitrogen and oxygen atoms in total. The van der Waals surface area contributed by atoms with Crippen molar-refractivity contribution in [1.29, 1.82) is 0 Å². The topological polar surface area (TPSA) is 64.9 Å². The Morgan fingerprint density at radius 3 is 2.53 bits per heavy atom. The fourth-order valence-corrected chi connectivity index (χ4v) is 1.26. The Morgan fingerprint density at radius 1 is 1.33 bits per heavy atom. The van der Waals surface area contributed by atoms with Gasteiger partial charge in [-0.1, -0.05) is 17.3 Å². The van der Waals surface area contributed by atoms with Crippen molar-refractivity contribution in [1.82, 2.24) is 10.1 Å². The number of nitrogens with zero attached hydrogens (tertiary/aromatic N) is 2. The first-order valence-electron chi connectivity index (χ1n) is 4.48. The highest BCUT2D eigenvalue weighted by Crippen LogP contribution is 2.16. The van der Waals surface area contributed by atoms with E-state index in [-0.39, 0.29) is 5.82 Å². The highest BCUT2D eigenvalue weighted by molar-refractivity contribution is 5.24. The van der Waals surface area contributed by atoms with Crippen LogP contribution in [0.5, 0.6) is 0 Å². The van der Waals surface area contributed by atoms with Crippen molar-refractivity contribution < 1.29 is 8.91 Å². The van der Waals surface area contributed by atoms with Crippen molar-refractivity contribution in [2.45, 2.75) is 13.0 Å². The van der Waals surface area contributed by atoms with Gasteiger partial charge >= 0.3 is 0 Å². The highest BCUT2D eigenvalue weighted by Gasteiger charge is 2.14. The molecular weight excluding hydrogens is 197 g/mol. The summed E-state index contributed by atoms with van der Waals surface area (Å²) in [5.74, 6) is 0.567. The van der Waals surface area contributed by atoms with E-state index in [0.717, 1.165) is 5.56 Å². The quantitative estimate of drug-likeness (QED) is 0.811. The number of hydrogen-bond donors (Lipinski definition) is 1. The van der Waals surface area contributed by atoms with Crippen molar-refractivity contribution in [2.75, 3.05) is 0 Å². The molecule has 1 aromatic carbocycles. The second-order valence-electron chi connectivity index (χ2n) is 3.20. The van der Waals surface area contributed by atoms with Gasteiger partial charge in [0, 0.05) is 6.92 Å². The van der Waals surface area contributed by atoms with Crippen molar-refractivity contribution in [3.8, 4) is 0 Å². The summed E-state index contributed by atoms with van der Waals surface area (Å²) < 4.78 is 17.5. The van der Waals surface area contributed by atoms with Crippen LogP contribution in [-0.2, 0) is 0 Å². The van der Waals surface area contributed by atoms with Crippen LogP contribution in [0, 0.1) is 12.7 Å². The largest absolute Gasteiger partial charge is 0.340 e. The van der Waals surface area contributed by atoms with Gasteiger partial charge in [0.2, 0.25) is 5.89 Å². The molecule has 0 spiro atoms. The van der Waals surface area contributed by atoms with Crippen LogP contribution < -0.4 is 5.73 Å². The zero-order valence-electron chi connectivity index (χ0n) is 8.14. The molecule has 5 heteroatoms. The molecule has 0 amide bonds. The maximum absolute atomic E-state index is 12.7. The van der Waals surface area contributed by atoms with Crippen molar-refractivity contribution in [3.05, 3.63) is 47.4 Å². The molecule has 0 aliphatic carbocycles. The standard InChI is InChI=1S/C10H10FN3O/c1-6-13-10(14-15-6)9(12)7-2-4-8(11)5-3-7/h2-5,9H,12H2,1H3. The van der Waals surface area contributed by atoms with Gasteiger partial charge in [0.1, 0.15) is 5.82 Å². The molecule has 0 fully saturated rings. The number of nitrogens with two attached hydrogens (primary N) is 1. The number of aryl methyl sites for hydroxylation is 1. The van der Waals surface area contributed by atoms with Gasteiger partial charge in [-0.15, -0.1) is 0 Å². The molecule has 78 valence electrons. The SMILES string of the molecule is Cc1nc(C(N)c2ccc(F)cc2)no1. The lowest BCUT2D eigenvalue weighted by molar-refractivity contribution is 0.385. The first-order chi connectivity index (χ1) is 7.16. The van der Waals surface area contributed by atoms with E-state index < -0.39 is 6.04 Å². The summed E-state index contributed by atoms with van der Waals surface area (Å²) in [6.07, 6.45) is 0. The van der Waals surface area contributed by atoms with Crippen LogP contribution in [0.15, 0.2) is 28.8 Å². The third-order valence-electron chi connectivity index (χ3n) is 2.05. The highest BCUT2D eigenvalue weighted by atomic mass is 19.1. The van der Waals surface area contributed by atoms with Crippen LogP contribution in [0.4, 0.5) is 4.39 Å². The predicted molar refractivity (Wildman–Crippen MR) is 51.5 cm³/mol. The van der Waals surface area contributed by atoms with Gasteiger partial charge in [-0.3, -0.25) is 0 Å². The number of hydrogen-bond acceptors (Lipinski definition) is 4. The second-order valence-corrected chi connectivity index (χ2v) is 3.20. The summed E-state index contributed by atoms with van der Waals surface area (Å²) in [5.41, 5.74) is 6.62. The minimum absolute atomic E-state index is 0.296. The lowest BCUT2D eigenvalue weighted by Gasteiger charge is -2.06. The van der Waals surface area contributed by atoms with Crippen LogP contribution >= 0.6 is 0 Å². The molecule has 0 bridgehead atoms. The van der Waals surface area contributed by atoms with E-state index in [9.17, 15) is 4.39 Å². The van der Waals surface area contributed by atoms with Crippen LogP contribution in [0.2, 0.25) is 0 Å². The summed E-state index contributed by atoms with van der Waals surface area (Å²) in [5, 5.41) is 3.71. The Bertz CT molecular complexity index is 452. The van der Waals surface area contributed by atoms with Crippen LogP contribution in [-0.4, -0.2) is 10.1 Å². The molecule has 1 unspecified atom stereocenters. The van der Waals surface area contributed by atoms with E-state index in [0.29, 0.717) is 11.7 Å². The lowest BCUT2D eigenvalue weighted by Crippen LogP contribution is -2.13. The van der Waals surface area contributed by atoms with Crippen LogP contribution in [0.1, 0.15) is 23.3 Å². The van der Waals surface area contributed by atoms with E-state index in [4.69, 9.17) is 10.3 Å². The molecule has 0 saturated carbocycles. The van der Waals surface area contributed by atoms with E-state index in [1.54, 1.807) is 19.1 Å². The van der Waals surface area contributed by atoms with Gasteiger partial charge in [0.15, 0.2) is 5.82 Å². The number of benzene rings is 1. The zero-order chi connectivity index (χ0) is 10.8. The molecule has 0 radical (unpaired) electrons. The Labute approximate surface area is 85.9 Å². The molecule has 2 aromatic rings. The molecule has 2 N–H and O–H groups in total. The fraction of sp³-hybridized carbons (Fsp3) is 0.200. The molecule has 0 aliphatic heterocycles. The fourth-order valence-electron chi connectivity index (χ4n) is 1.26. The average molecular weight is 207 g/mol.